The summed E-state index contributed by atoms with van der Waals surface area (Å²) >= 11 is 0. The first-order valence-electron chi connectivity index (χ1n) is 4.52. The first-order chi connectivity index (χ1) is 7.51. The van der Waals surface area contributed by atoms with E-state index in [2.05, 4.69) is 0 Å². The second kappa shape index (κ2) is 4.77. The second-order valence-electron chi connectivity index (χ2n) is 3.19. The number of aromatic hydroxyl groups is 1. The van der Waals surface area contributed by atoms with Gasteiger partial charge in [-0.2, -0.15) is 0 Å². The van der Waals surface area contributed by atoms with E-state index >= 15 is 0 Å². The van der Waals surface area contributed by atoms with Gasteiger partial charge in [0.05, 0.1) is 18.1 Å². The summed E-state index contributed by atoms with van der Waals surface area (Å²) in [5, 5.41) is 20.4. The van der Waals surface area contributed by atoms with Crippen LogP contribution < -0.4 is 16.2 Å². The highest BCUT2D eigenvalue weighted by molar-refractivity contribution is 5.54. The SMILES string of the molecule is COc1cc([N+](=O)[O-])cc([C@@H](N)CN)c1O. The zero-order valence-electron chi connectivity index (χ0n) is 8.71. The summed E-state index contributed by atoms with van der Waals surface area (Å²) in [6.45, 7) is 0.0673. The molecule has 0 aromatic heterocycles. The van der Waals surface area contributed by atoms with E-state index < -0.39 is 11.0 Å². The van der Waals surface area contributed by atoms with Crippen LogP contribution in [0.25, 0.3) is 0 Å². The molecule has 0 amide bonds. The fourth-order valence-corrected chi connectivity index (χ4v) is 1.28. The number of ether oxygens (including phenoxy) is 1. The van der Waals surface area contributed by atoms with Crippen LogP contribution in [0.2, 0.25) is 0 Å². The van der Waals surface area contributed by atoms with Crippen molar-refractivity contribution >= 4 is 5.69 Å². The Balaban J connectivity index is 3.35. The van der Waals surface area contributed by atoms with E-state index in [1.54, 1.807) is 0 Å². The largest absolute Gasteiger partial charge is 0.504 e. The maximum absolute atomic E-state index is 10.6. The Bertz CT molecular complexity index is 408. The van der Waals surface area contributed by atoms with Crippen LogP contribution in [-0.2, 0) is 0 Å². The molecule has 0 unspecified atom stereocenters. The molecule has 1 atom stereocenters. The van der Waals surface area contributed by atoms with Gasteiger partial charge >= 0.3 is 0 Å². The van der Waals surface area contributed by atoms with E-state index in [4.69, 9.17) is 16.2 Å². The fraction of sp³-hybridized carbons (Fsp3) is 0.333. The number of rotatable bonds is 4. The molecule has 88 valence electrons. The Morgan fingerprint density at radius 1 is 1.62 bits per heavy atom. The molecule has 0 bridgehead atoms. The van der Waals surface area contributed by atoms with Crippen molar-refractivity contribution in [3.05, 3.63) is 27.8 Å². The molecular weight excluding hydrogens is 214 g/mol. The van der Waals surface area contributed by atoms with Crippen LogP contribution in [0.5, 0.6) is 11.5 Å². The molecule has 16 heavy (non-hydrogen) atoms. The quantitative estimate of drug-likeness (QED) is 0.500. The summed E-state index contributed by atoms with van der Waals surface area (Å²) in [4.78, 5) is 10.1. The zero-order valence-corrected chi connectivity index (χ0v) is 8.71. The molecule has 0 heterocycles. The third-order valence-electron chi connectivity index (χ3n) is 2.17. The van der Waals surface area contributed by atoms with Gasteiger partial charge in [0.1, 0.15) is 0 Å². The van der Waals surface area contributed by atoms with Crippen molar-refractivity contribution in [3.63, 3.8) is 0 Å². The number of nitro benzene ring substituents is 1. The van der Waals surface area contributed by atoms with Gasteiger partial charge in [-0.3, -0.25) is 10.1 Å². The minimum Gasteiger partial charge on any atom is -0.504 e. The highest BCUT2D eigenvalue weighted by Crippen LogP contribution is 2.36. The van der Waals surface area contributed by atoms with Gasteiger partial charge in [0.2, 0.25) is 0 Å². The topological polar surface area (TPSA) is 125 Å². The van der Waals surface area contributed by atoms with Gasteiger partial charge in [0.25, 0.3) is 5.69 Å². The molecule has 1 rings (SSSR count). The molecule has 0 fully saturated rings. The number of nitro groups is 1. The molecule has 0 saturated carbocycles. The van der Waals surface area contributed by atoms with Crippen molar-refractivity contribution in [1.82, 2.24) is 0 Å². The molecule has 1 aromatic rings. The fourth-order valence-electron chi connectivity index (χ4n) is 1.28. The van der Waals surface area contributed by atoms with Crippen LogP contribution in [-0.4, -0.2) is 23.7 Å². The van der Waals surface area contributed by atoms with Crippen LogP contribution in [0.3, 0.4) is 0 Å². The van der Waals surface area contributed by atoms with E-state index in [1.807, 2.05) is 0 Å². The van der Waals surface area contributed by atoms with Crippen LogP contribution in [0, 0.1) is 10.1 Å². The molecule has 0 aliphatic rings. The van der Waals surface area contributed by atoms with Crippen molar-refractivity contribution in [2.75, 3.05) is 13.7 Å². The van der Waals surface area contributed by atoms with Crippen molar-refractivity contribution in [1.29, 1.82) is 0 Å². The average Bonchev–Trinajstić information content (AvgIpc) is 2.28. The van der Waals surface area contributed by atoms with Crippen LogP contribution in [0.15, 0.2) is 12.1 Å². The van der Waals surface area contributed by atoms with Gasteiger partial charge in [-0.05, 0) is 0 Å². The Kier molecular flexibility index (Phi) is 3.64. The highest BCUT2D eigenvalue weighted by Gasteiger charge is 2.20. The molecule has 5 N–H and O–H groups in total. The number of hydrogen-bond acceptors (Lipinski definition) is 6. The van der Waals surface area contributed by atoms with Crippen molar-refractivity contribution in [2.24, 2.45) is 11.5 Å². The first kappa shape index (κ1) is 12.2. The maximum atomic E-state index is 10.6. The number of phenolic OH excluding ortho intramolecular Hbond substituents is 1. The summed E-state index contributed by atoms with van der Waals surface area (Å²) in [5.74, 6) is -0.209. The number of phenols is 1. The lowest BCUT2D eigenvalue weighted by Gasteiger charge is -2.13. The Morgan fingerprint density at radius 2 is 2.25 bits per heavy atom. The van der Waals surface area contributed by atoms with E-state index in [-0.39, 0.29) is 29.3 Å². The summed E-state index contributed by atoms with van der Waals surface area (Å²) < 4.78 is 4.82. The number of nitrogens with zero attached hydrogens (tertiary/aromatic N) is 1. The number of hydrogen-bond donors (Lipinski definition) is 3. The van der Waals surface area contributed by atoms with Gasteiger partial charge in [0.15, 0.2) is 11.5 Å². The minimum absolute atomic E-state index is 0.00750. The predicted octanol–water partition coefficient (Wildman–Crippen LogP) is 0.267. The van der Waals surface area contributed by atoms with Crippen LogP contribution in [0.1, 0.15) is 11.6 Å². The highest BCUT2D eigenvalue weighted by atomic mass is 16.6. The standard InChI is InChI=1S/C9H13N3O4/c1-16-8-3-5(12(14)15)2-6(9(8)13)7(11)4-10/h2-3,7,13H,4,10-11H2,1H3/t7-/m0/s1. The molecule has 0 aliphatic heterocycles. The number of methoxy groups -OCH3 is 1. The molecule has 0 aliphatic carbocycles. The number of non-ortho nitro benzene ring substituents is 1. The molecule has 1 aromatic carbocycles. The molecule has 0 radical (unpaired) electrons. The van der Waals surface area contributed by atoms with E-state index in [9.17, 15) is 15.2 Å². The Hall–Kier alpha value is -1.86. The number of benzene rings is 1. The third kappa shape index (κ3) is 2.20. The van der Waals surface area contributed by atoms with Gasteiger partial charge < -0.3 is 21.3 Å². The number of nitrogens with two attached hydrogens (primary N) is 2. The van der Waals surface area contributed by atoms with Gasteiger partial charge in [-0.1, -0.05) is 0 Å². The van der Waals surface area contributed by atoms with Crippen molar-refractivity contribution in [3.8, 4) is 11.5 Å². The van der Waals surface area contributed by atoms with E-state index in [1.165, 1.54) is 13.2 Å². The average molecular weight is 227 g/mol. The Labute approximate surface area is 91.8 Å². The molecule has 7 nitrogen and oxygen atoms in total. The summed E-state index contributed by atoms with van der Waals surface area (Å²) in [6.07, 6.45) is 0. The van der Waals surface area contributed by atoms with Gasteiger partial charge in [-0.15, -0.1) is 0 Å². The first-order valence-corrected chi connectivity index (χ1v) is 4.52. The maximum Gasteiger partial charge on any atom is 0.273 e. The van der Waals surface area contributed by atoms with Crippen LogP contribution in [0.4, 0.5) is 5.69 Å². The van der Waals surface area contributed by atoms with Crippen LogP contribution >= 0.6 is 0 Å². The van der Waals surface area contributed by atoms with Gasteiger partial charge in [0, 0.05) is 24.2 Å². The lowest BCUT2D eigenvalue weighted by Crippen LogP contribution is -2.21. The molecule has 0 saturated heterocycles. The normalized spacial score (nSPS) is 12.2. The monoisotopic (exact) mass is 227 g/mol. The summed E-state index contributed by atoms with van der Waals surface area (Å²) in [5.41, 5.74) is 11.0. The lowest BCUT2D eigenvalue weighted by molar-refractivity contribution is -0.385. The molecule has 7 heteroatoms. The minimum atomic E-state index is -0.672. The predicted molar refractivity (Wildman–Crippen MR) is 57.3 cm³/mol. The van der Waals surface area contributed by atoms with Gasteiger partial charge in [-0.25, -0.2) is 0 Å². The van der Waals surface area contributed by atoms with Crippen molar-refractivity contribution < 1.29 is 14.8 Å². The zero-order chi connectivity index (χ0) is 12.3. The third-order valence-corrected chi connectivity index (χ3v) is 2.17. The summed E-state index contributed by atoms with van der Waals surface area (Å²) in [7, 11) is 1.30. The van der Waals surface area contributed by atoms with Crippen molar-refractivity contribution in [2.45, 2.75) is 6.04 Å². The second-order valence-corrected chi connectivity index (χ2v) is 3.19. The van der Waals surface area contributed by atoms with E-state index in [0.29, 0.717) is 0 Å². The lowest BCUT2D eigenvalue weighted by atomic mass is 10.1. The smallest absolute Gasteiger partial charge is 0.273 e. The molecule has 0 spiro atoms. The molecular formula is C9H13N3O4. The summed E-state index contributed by atoms with van der Waals surface area (Å²) in [6, 6.07) is 1.64. The Morgan fingerprint density at radius 3 is 2.69 bits per heavy atom. The van der Waals surface area contributed by atoms with E-state index in [0.717, 1.165) is 6.07 Å².